The van der Waals surface area contributed by atoms with Crippen LogP contribution in [0.3, 0.4) is 0 Å². The number of carboxylic acid groups (broad SMARTS) is 1. The van der Waals surface area contributed by atoms with Crippen molar-refractivity contribution in [1.29, 1.82) is 0 Å². The van der Waals surface area contributed by atoms with E-state index in [1.165, 1.54) is 18.5 Å². The van der Waals surface area contributed by atoms with Crippen LogP contribution in [0.25, 0.3) is 0 Å². The van der Waals surface area contributed by atoms with Crippen molar-refractivity contribution in [2.24, 2.45) is 21.6 Å². The summed E-state index contributed by atoms with van der Waals surface area (Å²) in [4.78, 5) is 36.8. The highest BCUT2D eigenvalue weighted by Gasteiger charge is 2.11. The van der Waals surface area contributed by atoms with E-state index in [9.17, 15) is 14.4 Å². The number of isocyanates is 2. The molecule has 0 radical (unpaired) electrons. The summed E-state index contributed by atoms with van der Waals surface area (Å²) in [6.07, 6.45) is 4.96. The van der Waals surface area contributed by atoms with Gasteiger partial charge in [0.25, 0.3) is 0 Å². The van der Waals surface area contributed by atoms with Gasteiger partial charge in [-0.15, -0.1) is 11.6 Å². The van der Waals surface area contributed by atoms with Crippen molar-refractivity contribution in [3.8, 4) is 0 Å². The van der Waals surface area contributed by atoms with E-state index in [2.05, 4.69) is 21.6 Å². The Morgan fingerprint density at radius 3 is 1.88 bits per heavy atom. The van der Waals surface area contributed by atoms with E-state index in [1.807, 2.05) is 38.1 Å². The molecule has 0 amide bonds. The van der Waals surface area contributed by atoms with Crippen LogP contribution in [0.4, 0.5) is 0 Å². The van der Waals surface area contributed by atoms with Crippen molar-refractivity contribution in [2.45, 2.75) is 39.4 Å². The van der Waals surface area contributed by atoms with Gasteiger partial charge in [-0.05, 0) is 23.5 Å². The van der Waals surface area contributed by atoms with E-state index < -0.39 is 12.0 Å². The zero-order chi connectivity index (χ0) is 19.7. The van der Waals surface area contributed by atoms with Gasteiger partial charge in [0, 0.05) is 6.38 Å². The molecule has 1 aromatic carbocycles. The minimum absolute atomic E-state index is 0.308. The Kier molecular flexibility index (Phi) is 16.5. The number of aliphatic carboxylic acids is 1. The molecule has 0 spiro atoms. The van der Waals surface area contributed by atoms with Gasteiger partial charge in [0.05, 0.1) is 13.1 Å². The summed E-state index contributed by atoms with van der Waals surface area (Å²) in [5, 5.41) is 8.31. The second-order valence-electron chi connectivity index (χ2n) is 5.21. The van der Waals surface area contributed by atoms with Crippen LogP contribution in [0, 0.1) is 5.92 Å². The van der Waals surface area contributed by atoms with Crippen LogP contribution in [0.2, 0.25) is 0 Å². The number of carboxylic acids is 1. The molecule has 0 aliphatic carbocycles. The number of rotatable bonds is 7. The van der Waals surface area contributed by atoms with Gasteiger partial charge < -0.3 is 10.8 Å². The zero-order valence-corrected chi connectivity index (χ0v) is 15.4. The summed E-state index contributed by atoms with van der Waals surface area (Å²) in [7, 11) is 0. The number of hydrogen-bond acceptors (Lipinski definition) is 6. The third-order valence-corrected chi connectivity index (χ3v) is 2.69. The summed E-state index contributed by atoms with van der Waals surface area (Å²) < 4.78 is 0. The summed E-state index contributed by atoms with van der Waals surface area (Å²) in [6.45, 7) is 4.51. The van der Waals surface area contributed by atoms with Crippen LogP contribution in [-0.2, 0) is 27.5 Å². The lowest BCUT2D eigenvalue weighted by Crippen LogP contribution is -2.31. The van der Waals surface area contributed by atoms with Crippen molar-refractivity contribution in [2.75, 3.05) is 6.38 Å². The number of aliphatic imine (C=N–C) groups is 2. The van der Waals surface area contributed by atoms with Crippen LogP contribution in [0.1, 0.15) is 31.4 Å². The maximum atomic E-state index is 10.1. The molecule has 0 fully saturated rings. The van der Waals surface area contributed by atoms with Gasteiger partial charge in [-0.25, -0.2) is 19.6 Å². The molecule has 0 aliphatic heterocycles. The molecule has 0 aromatic heterocycles. The summed E-state index contributed by atoms with van der Waals surface area (Å²) in [6, 6.07) is 6.65. The number of nitrogens with two attached hydrogens (primary N) is 1. The minimum Gasteiger partial charge on any atom is -0.480 e. The SMILES string of the molecule is CC(C)C[C@H](N)C(=O)O.CCl.O=C=NCc1cccc(CN=C=O)c1. The van der Waals surface area contributed by atoms with E-state index in [1.54, 1.807) is 0 Å². The van der Waals surface area contributed by atoms with Gasteiger partial charge in [0.15, 0.2) is 0 Å². The molecule has 8 heteroatoms. The molecule has 0 bridgehead atoms. The van der Waals surface area contributed by atoms with Gasteiger partial charge in [-0.1, -0.05) is 38.1 Å². The van der Waals surface area contributed by atoms with Crippen LogP contribution < -0.4 is 5.73 Å². The lowest BCUT2D eigenvalue weighted by molar-refractivity contribution is -0.138. The van der Waals surface area contributed by atoms with E-state index in [0.29, 0.717) is 25.4 Å². The van der Waals surface area contributed by atoms with Crippen LogP contribution in [0.5, 0.6) is 0 Å². The van der Waals surface area contributed by atoms with Gasteiger partial charge >= 0.3 is 5.97 Å². The van der Waals surface area contributed by atoms with Crippen molar-refractivity contribution in [3.63, 3.8) is 0 Å². The van der Waals surface area contributed by atoms with E-state index in [0.717, 1.165) is 11.1 Å². The van der Waals surface area contributed by atoms with E-state index >= 15 is 0 Å². The molecule has 0 unspecified atom stereocenters. The maximum Gasteiger partial charge on any atom is 0.320 e. The number of carbonyl (C=O) groups excluding carboxylic acids is 2. The Morgan fingerprint density at radius 2 is 1.60 bits per heavy atom. The Balaban J connectivity index is 0. The zero-order valence-electron chi connectivity index (χ0n) is 14.6. The molecular formula is C17H24ClN3O4. The van der Waals surface area contributed by atoms with Gasteiger partial charge in [0.1, 0.15) is 6.04 Å². The first-order valence-electron chi connectivity index (χ1n) is 7.42. The summed E-state index contributed by atoms with van der Waals surface area (Å²) >= 11 is 4.64. The first-order valence-corrected chi connectivity index (χ1v) is 8.17. The second-order valence-corrected chi connectivity index (χ2v) is 5.21. The number of hydrogen-bond donors (Lipinski definition) is 2. The van der Waals surface area contributed by atoms with Crippen LogP contribution in [0.15, 0.2) is 34.3 Å². The quantitative estimate of drug-likeness (QED) is 0.434. The van der Waals surface area contributed by atoms with E-state index in [-0.39, 0.29) is 0 Å². The minimum atomic E-state index is -0.913. The largest absolute Gasteiger partial charge is 0.480 e. The van der Waals surface area contributed by atoms with Crippen molar-refractivity contribution in [1.82, 2.24) is 0 Å². The number of carbonyl (C=O) groups is 1. The third-order valence-electron chi connectivity index (χ3n) is 2.69. The fourth-order valence-electron chi connectivity index (χ4n) is 1.68. The summed E-state index contributed by atoms with van der Waals surface area (Å²) in [5.41, 5.74) is 7.01. The molecule has 1 aromatic rings. The van der Waals surface area contributed by atoms with Crippen LogP contribution in [-0.4, -0.2) is 35.7 Å². The Morgan fingerprint density at radius 1 is 1.16 bits per heavy atom. The molecule has 0 aliphatic rings. The third kappa shape index (κ3) is 15.0. The molecule has 7 nitrogen and oxygen atoms in total. The fourth-order valence-corrected chi connectivity index (χ4v) is 1.68. The summed E-state index contributed by atoms with van der Waals surface area (Å²) in [5.74, 6) is -0.556. The van der Waals surface area contributed by atoms with Crippen LogP contribution >= 0.6 is 11.6 Å². The average Bonchev–Trinajstić information content (AvgIpc) is 2.60. The normalized spacial score (nSPS) is 10.0. The highest BCUT2D eigenvalue weighted by atomic mass is 35.5. The standard InChI is InChI=1S/C10H8N2O2.C6H13NO2.CH3Cl/c13-7-11-5-9-2-1-3-10(4-9)6-12-8-14;1-4(2)3-5(7)6(8)9;1-2/h1-4H,5-6H2;4-5H,3,7H2,1-2H3,(H,8,9);1H3/t;5-;/m.0./s1. The molecule has 1 rings (SSSR count). The number of halogens is 1. The van der Waals surface area contributed by atoms with Gasteiger partial charge in [-0.3, -0.25) is 4.79 Å². The number of benzene rings is 1. The molecular weight excluding hydrogens is 346 g/mol. The average molecular weight is 370 g/mol. The topological polar surface area (TPSA) is 122 Å². The monoisotopic (exact) mass is 369 g/mol. The van der Waals surface area contributed by atoms with Gasteiger partial charge in [-0.2, -0.15) is 0 Å². The first-order chi connectivity index (χ1) is 11.9. The molecule has 138 valence electrons. The molecule has 0 heterocycles. The highest BCUT2D eigenvalue weighted by Crippen LogP contribution is 2.07. The second kappa shape index (κ2) is 16.6. The number of nitrogens with zero attached hydrogens (tertiary/aromatic N) is 2. The fraction of sp³-hybridized carbons (Fsp3) is 0.471. The molecule has 1 atom stereocenters. The molecule has 0 saturated carbocycles. The van der Waals surface area contributed by atoms with Gasteiger partial charge in [0.2, 0.25) is 12.2 Å². The Bertz CT molecular complexity index is 560. The highest BCUT2D eigenvalue weighted by molar-refractivity contribution is 6.15. The Labute approximate surface area is 152 Å². The smallest absolute Gasteiger partial charge is 0.320 e. The predicted molar refractivity (Wildman–Crippen MR) is 96.9 cm³/mol. The lowest BCUT2D eigenvalue weighted by Gasteiger charge is -2.07. The predicted octanol–water partition coefficient (Wildman–Crippen LogP) is 2.66. The molecule has 25 heavy (non-hydrogen) atoms. The first kappa shape index (κ1) is 24.9. The molecule has 0 saturated heterocycles. The Hall–Kier alpha value is -2.30. The van der Waals surface area contributed by atoms with E-state index in [4.69, 9.17) is 10.8 Å². The lowest BCUT2D eigenvalue weighted by atomic mass is 10.1. The maximum absolute atomic E-state index is 10.1. The molecule has 3 N–H and O–H groups in total. The van der Waals surface area contributed by atoms with Crippen molar-refractivity contribution >= 4 is 29.7 Å². The van der Waals surface area contributed by atoms with Crippen molar-refractivity contribution in [3.05, 3.63) is 35.4 Å². The van der Waals surface area contributed by atoms with Crippen molar-refractivity contribution < 1.29 is 19.5 Å². The number of alkyl halides is 1.